The lowest BCUT2D eigenvalue weighted by Gasteiger charge is -2.15. The first-order chi connectivity index (χ1) is 7.54. The van der Waals surface area contributed by atoms with Crippen LogP contribution in [0.1, 0.15) is 32.8 Å². The summed E-state index contributed by atoms with van der Waals surface area (Å²) in [6.45, 7) is 6.47. The summed E-state index contributed by atoms with van der Waals surface area (Å²) in [6.07, 6.45) is 1.91. The molecule has 0 saturated carbocycles. The molecule has 0 bridgehead atoms. The smallest absolute Gasteiger partial charge is 0.0544 e. The Kier molecular flexibility index (Phi) is 5.67. The number of rotatable bonds is 5. The Bertz CT molecular complexity index is 339. The second-order valence-corrected chi connectivity index (χ2v) is 6.26. The minimum Gasteiger partial charge on any atom is -0.327 e. The van der Waals surface area contributed by atoms with Gasteiger partial charge in [-0.05, 0) is 24.5 Å². The van der Waals surface area contributed by atoms with Crippen molar-refractivity contribution < 1.29 is 0 Å². The summed E-state index contributed by atoms with van der Waals surface area (Å²) in [7, 11) is 0. The molecule has 0 radical (unpaired) electrons. The molecule has 0 aliphatic heterocycles. The molecule has 0 amide bonds. The highest BCUT2D eigenvalue weighted by molar-refractivity contribution is 8.00. The highest BCUT2D eigenvalue weighted by Crippen LogP contribution is 2.34. The Morgan fingerprint density at radius 1 is 1.38 bits per heavy atom. The summed E-state index contributed by atoms with van der Waals surface area (Å²) in [4.78, 5) is 1.20. The molecule has 0 fully saturated rings. The van der Waals surface area contributed by atoms with Gasteiger partial charge < -0.3 is 5.73 Å². The zero-order chi connectivity index (χ0) is 12.1. The van der Waals surface area contributed by atoms with Gasteiger partial charge in [-0.1, -0.05) is 44.5 Å². The quantitative estimate of drug-likeness (QED) is 0.803. The van der Waals surface area contributed by atoms with Gasteiger partial charge in [0.1, 0.15) is 0 Å². The van der Waals surface area contributed by atoms with Crippen molar-refractivity contribution in [3.05, 3.63) is 28.8 Å². The van der Waals surface area contributed by atoms with Crippen molar-refractivity contribution in [2.24, 2.45) is 5.73 Å². The fourth-order valence-electron chi connectivity index (χ4n) is 1.51. The van der Waals surface area contributed by atoms with E-state index in [1.807, 2.05) is 23.9 Å². The summed E-state index contributed by atoms with van der Waals surface area (Å²) in [5, 5.41) is 1.39. The maximum Gasteiger partial charge on any atom is 0.0544 e. The largest absolute Gasteiger partial charge is 0.327 e. The van der Waals surface area contributed by atoms with E-state index >= 15 is 0 Å². The average Bonchev–Trinajstić information content (AvgIpc) is 2.22. The fraction of sp³-hybridized carbons (Fsp3) is 0.538. The number of hydrogen-bond acceptors (Lipinski definition) is 2. The molecule has 0 heterocycles. The average molecular weight is 258 g/mol. The van der Waals surface area contributed by atoms with Crippen molar-refractivity contribution in [3.63, 3.8) is 0 Å². The van der Waals surface area contributed by atoms with Gasteiger partial charge in [0.15, 0.2) is 0 Å². The molecule has 0 aliphatic rings. The zero-order valence-electron chi connectivity index (χ0n) is 10.2. The van der Waals surface area contributed by atoms with Gasteiger partial charge in [0.05, 0.1) is 5.02 Å². The van der Waals surface area contributed by atoms with E-state index in [0.717, 1.165) is 17.9 Å². The standard InChI is InChI=1S/C13H20ClNS/c1-4-11(15)8-10-6-5-7-12(14)13(10)16-9(2)3/h5-7,9,11H,4,8,15H2,1-3H3. The third kappa shape index (κ3) is 4.00. The van der Waals surface area contributed by atoms with Crippen LogP contribution in [0.5, 0.6) is 0 Å². The second kappa shape index (κ2) is 6.53. The third-order valence-electron chi connectivity index (χ3n) is 2.41. The topological polar surface area (TPSA) is 26.0 Å². The lowest BCUT2D eigenvalue weighted by molar-refractivity contribution is 0.641. The Morgan fingerprint density at radius 2 is 2.06 bits per heavy atom. The van der Waals surface area contributed by atoms with Crippen LogP contribution in [0, 0.1) is 0 Å². The van der Waals surface area contributed by atoms with Gasteiger partial charge in [0, 0.05) is 16.2 Å². The van der Waals surface area contributed by atoms with Crippen LogP contribution in [-0.4, -0.2) is 11.3 Å². The summed E-state index contributed by atoms with van der Waals surface area (Å²) in [5.74, 6) is 0. The molecule has 1 atom stereocenters. The van der Waals surface area contributed by atoms with E-state index in [1.165, 1.54) is 10.5 Å². The SMILES string of the molecule is CCC(N)Cc1cccc(Cl)c1SC(C)C. The molecule has 0 aliphatic carbocycles. The number of hydrogen-bond donors (Lipinski definition) is 1. The number of halogens is 1. The maximum absolute atomic E-state index is 6.24. The molecule has 16 heavy (non-hydrogen) atoms. The third-order valence-corrected chi connectivity index (χ3v) is 4.02. The highest BCUT2D eigenvalue weighted by atomic mass is 35.5. The number of nitrogens with two attached hydrogens (primary N) is 1. The first kappa shape index (κ1) is 13.9. The van der Waals surface area contributed by atoms with Crippen molar-refractivity contribution in [3.8, 4) is 0 Å². The van der Waals surface area contributed by atoms with Gasteiger partial charge in [0.25, 0.3) is 0 Å². The lowest BCUT2D eigenvalue weighted by Crippen LogP contribution is -2.21. The van der Waals surface area contributed by atoms with Gasteiger partial charge in [-0.3, -0.25) is 0 Å². The number of benzene rings is 1. The molecule has 1 aromatic rings. The molecule has 2 N–H and O–H groups in total. The first-order valence-electron chi connectivity index (χ1n) is 5.74. The monoisotopic (exact) mass is 257 g/mol. The Balaban J connectivity index is 2.93. The van der Waals surface area contributed by atoms with Crippen LogP contribution in [0.4, 0.5) is 0 Å². The van der Waals surface area contributed by atoms with Crippen LogP contribution in [0.2, 0.25) is 5.02 Å². The molecule has 90 valence electrons. The summed E-state index contributed by atoms with van der Waals surface area (Å²) in [6, 6.07) is 6.31. The van der Waals surface area contributed by atoms with Gasteiger partial charge in [-0.25, -0.2) is 0 Å². The summed E-state index contributed by atoms with van der Waals surface area (Å²) in [5.41, 5.74) is 7.28. The van der Waals surface area contributed by atoms with Crippen LogP contribution in [0.15, 0.2) is 23.1 Å². The van der Waals surface area contributed by atoms with Crippen molar-refractivity contribution in [2.75, 3.05) is 0 Å². The highest BCUT2D eigenvalue weighted by Gasteiger charge is 2.11. The molecule has 1 aromatic carbocycles. The molecule has 0 spiro atoms. The zero-order valence-corrected chi connectivity index (χ0v) is 11.7. The maximum atomic E-state index is 6.24. The number of thioether (sulfide) groups is 1. The van der Waals surface area contributed by atoms with Crippen molar-refractivity contribution >= 4 is 23.4 Å². The molecule has 3 heteroatoms. The summed E-state index contributed by atoms with van der Waals surface area (Å²) >= 11 is 8.06. The van der Waals surface area contributed by atoms with Crippen molar-refractivity contribution in [1.82, 2.24) is 0 Å². The molecular weight excluding hydrogens is 238 g/mol. The molecule has 1 nitrogen and oxygen atoms in total. The Hall–Kier alpha value is -0.180. The van der Waals surface area contributed by atoms with Crippen LogP contribution < -0.4 is 5.73 Å². The normalized spacial score (nSPS) is 13.1. The predicted octanol–water partition coefficient (Wildman–Crippen LogP) is 4.12. The van der Waals surface area contributed by atoms with Crippen LogP contribution in [-0.2, 0) is 6.42 Å². The van der Waals surface area contributed by atoms with Crippen LogP contribution in [0.25, 0.3) is 0 Å². The van der Waals surface area contributed by atoms with Crippen molar-refractivity contribution in [2.45, 2.75) is 49.8 Å². The van der Waals surface area contributed by atoms with E-state index < -0.39 is 0 Å². The van der Waals surface area contributed by atoms with Crippen molar-refractivity contribution in [1.29, 1.82) is 0 Å². The Morgan fingerprint density at radius 3 is 2.62 bits per heavy atom. The van der Waals surface area contributed by atoms with Gasteiger partial charge in [-0.2, -0.15) is 0 Å². The van der Waals surface area contributed by atoms with Gasteiger partial charge >= 0.3 is 0 Å². The van der Waals surface area contributed by atoms with Gasteiger partial charge in [-0.15, -0.1) is 11.8 Å². The van der Waals surface area contributed by atoms with Crippen LogP contribution >= 0.6 is 23.4 Å². The Labute approximate surface area is 108 Å². The predicted molar refractivity (Wildman–Crippen MR) is 74.4 cm³/mol. The van der Waals surface area contributed by atoms with E-state index in [9.17, 15) is 0 Å². The second-order valence-electron chi connectivity index (χ2n) is 4.27. The van der Waals surface area contributed by atoms with E-state index in [4.69, 9.17) is 17.3 Å². The molecule has 0 saturated heterocycles. The van der Waals surface area contributed by atoms with E-state index in [1.54, 1.807) is 0 Å². The molecule has 1 rings (SSSR count). The lowest BCUT2D eigenvalue weighted by atomic mass is 10.0. The fourth-order valence-corrected chi connectivity index (χ4v) is 2.79. The minimum atomic E-state index is 0.227. The first-order valence-corrected chi connectivity index (χ1v) is 7.00. The minimum absolute atomic E-state index is 0.227. The molecule has 0 aromatic heterocycles. The summed E-state index contributed by atoms with van der Waals surface area (Å²) < 4.78 is 0. The molecular formula is C13H20ClNS. The van der Waals surface area contributed by atoms with E-state index in [-0.39, 0.29) is 6.04 Å². The van der Waals surface area contributed by atoms with Gasteiger partial charge in [0.2, 0.25) is 0 Å². The van der Waals surface area contributed by atoms with E-state index in [2.05, 4.69) is 26.8 Å². The molecule has 1 unspecified atom stereocenters. The van der Waals surface area contributed by atoms with E-state index in [0.29, 0.717) is 5.25 Å². The van der Waals surface area contributed by atoms with Crippen LogP contribution in [0.3, 0.4) is 0 Å².